The van der Waals surface area contributed by atoms with E-state index in [2.05, 4.69) is 25.6 Å². The van der Waals surface area contributed by atoms with Gasteiger partial charge in [-0.1, -0.05) is 30.3 Å². The minimum atomic E-state index is -0.389. The number of fused-ring (bicyclic) bond motifs is 1. The molecule has 5 rings (SSSR count). The van der Waals surface area contributed by atoms with Crippen molar-refractivity contribution in [2.75, 3.05) is 18.4 Å². The Morgan fingerprint density at radius 1 is 0.973 bits per heavy atom. The van der Waals surface area contributed by atoms with Crippen LogP contribution in [-0.2, 0) is 17.8 Å². The van der Waals surface area contributed by atoms with Crippen LogP contribution in [0.2, 0.25) is 0 Å². The summed E-state index contributed by atoms with van der Waals surface area (Å²) in [5.74, 6) is 2.48. The molecule has 9 heteroatoms. The normalized spacial score (nSPS) is 10.9. The number of rotatable bonds is 11. The Kier molecular flexibility index (Phi) is 7.33. The summed E-state index contributed by atoms with van der Waals surface area (Å²) in [4.78, 5) is 24.1. The maximum absolute atomic E-state index is 10.8. The molecule has 0 atom stereocenters. The number of hydrogen-bond acceptors (Lipinski definition) is 8. The van der Waals surface area contributed by atoms with Gasteiger partial charge in [-0.3, -0.25) is 9.78 Å². The number of furan rings is 1. The van der Waals surface area contributed by atoms with E-state index in [1.54, 1.807) is 6.20 Å². The van der Waals surface area contributed by atoms with E-state index in [1.165, 1.54) is 6.33 Å². The first kappa shape index (κ1) is 24.0. The molecule has 4 N–H and O–H groups in total. The van der Waals surface area contributed by atoms with Gasteiger partial charge in [0.1, 0.15) is 36.0 Å². The number of nitrogens with two attached hydrogens (primary N) is 1. The molecule has 0 aliphatic carbocycles. The van der Waals surface area contributed by atoms with Crippen LogP contribution in [0.5, 0.6) is 5.75 Å². The molecule has 0 saturated heterocycles. The van der Waals surface area contributed by atoms with Crippen molar-refractivity contribution >= 4 is 28.3 Å². The van der Waals surface area contributed by atoms with Gasteiger partial charge < -0.3 is 25.5 Å². The Morgan fingerprint density at radius 3 is 2.62 bits per heavy atom. The van der Waals surface area contributed by atoms with E-state index in [-0.39, 0.29) is 12.5 Å². The number of primary amides is 1. The van der Waals surface area contributed by atoms with Crippen molar-refractivity contribution in [3.05, 3.63) is 96.6 Å². The molecular weight excluding hydrogens is 468 g/mol. The second-order valence-corrected chi connectivity index (χ2v) is 8.39. The fraction of sp³-hybridized carbons (Fsp3) is 0.143. The number of aromatic nitrogens is 3. The minimum Gasteiger partial charge on any atom is -0.489 e. The average molecular weight is 495 g/mol. The largest absolute Gasteiger partial charge is 0.489 e. The molecule has 1 amide bonds. The fourth-order valence-corrected chi connectivity index (χ4v) is 3.78. The molecule has 9 nitrogen and oxygen atoms in total. The summed E-state index contributed by atoms with van der Waals surface area (Å²) < 4.78 is 11.8. The van der Waals surface area contributed by atoms with Crippen molar-refractivity contribution in [2.45, 2.75) is 13.0 Å². The third-order valence-corrected chi connectivity index (χ3v) is 5.65. The van der Waals surface area contributed by atoms with E-state index in [9.17, 15) is 4.79 Å². The van der Waals surface area contributed by atoms with Crippen LogP contribution in [-0.4, -0.2) is 33.9 Å². The van der Waals surface area contributed by atoms with Gasteiger partial charge >= 0.3 is 0 Å². The van der Waals surface area contributed by atoms with Crippen molar-refractivity contribution in [3.63, 3.8) is 0 Å². The number of nitrogens with zero attached hydrogens (tertiary/aromatic N) is 3. The lowest BCUT2D eigenvalue weighted by Crippen LogP contribution is -2.29. The highest BCUT2D eigenvalue weighted by atomic mass is 16.5. The molecule has 2 aromatic carbocycles. The maximum atomic E-state index is 10.8. The molecule has 3 aromatic heterocycles. The number of nitrogens with one attached hydrogen (secondary N) is 2. The lowest BCUT2D eigenvalue weighted by atomic mass is 10.2. The summed E-state index contributed by atoms with van der Waals surface area (Å²) in [6, 6.07) is 23.5. The Balaban J connectivity index is 1.28. The van der Waals surface area contributed by atoms with Gasteiger partial charge in [0.15, 0.2) is 5.76 Å². The molecule has 5 aromatic rings. The molecule has 0 spiro atoms. The number of anilines is 2. The van der Waals surface area contributed by atoms with Gasteiger partial charge in [-0.25, -0.2) is 9.97 Å². The Labute approximate surface area is 213 Å². The highest BCUT2D eigenvalue weighted by molar-refractivity contribution is 5.92. The van der Waals surface area contributed by atoms with Crippen LogP contribution >= 0.6 is 0 Å². The monoisotopic (exact) mass is 494 g/mol. The highest BCUT2D eigenvalue weighted by Gasteiger charge is 2.11. The number of pyridine rings is 1. The zero-order valence-corrected chi connectivity index (χ0v) is 20.1. The first-order valence-electron chi connectivity index (χ1n) is 11.9. The lowest BCUT2D eigenvalue weighted by molar-refractivity contribution is -0.117. The van der Waals surface area contributed by atoms with E-state index in [0.29, 0.717) is 42.4 Å². The number of amides is 1. The fourth-order valence-electron chi connectivity index (χ4n) is 3.78. The van der Waals surface area contributed by atoms with E-state index >= 15 is 0 Å². The SMILES string of the molecule is NC(=O)CNCCc1ccc(-c2cc3c(Nc4ccc(OCc5ccccc5)cc4)ncnc3cn2)o1. The molecule has 0 fully saturated rings. The van der Waals surface area contributed by atoms with Gasteiger partial charge in [0.05, 0.1) is 18.3 Å². The Morgan fingerprint density at radius 2 is 1.81 bits per heavy atom. The average Bonchev–Trinajstić information content (AvgIpc) is 3.40. The number of benzene rings is 2. The quantitative estimate of drug-likeness (QED) is 0.233. The van der Waals surface area contributed by atoms with Crippen LogP contribution in [0.1, 0.15) is 11.3 Å². The van der Waals surface area contributed by atoms with E-state index in [1.807, 2.05) is 72.8 Å². The van der Waals surface area contributed by atoms with Gasteiger partial charge in [-0.05, 0) is 48.0 Å². The van der Waals surface area contributed by atoms with Crippen LogP contribution in [0.15, 0.2) is 89.7 Å². The summed E-state index contributed by atoms with van der Waals surface area (Å²) in [6.45, 7) is 1.23. The summed E-state index contributed by atoms with van der Waals surface area (Å²) in [7, 11) is 0. The van der Waals surface area contributed by atoms with Gasteiger partial charge in [-0.2, -0.15) is 0 Å². The van der Waals surface area contributed by atoms with Gasteiger partial charge in [-0.15, -0.1) is 0 Å². The molecule has 0 aliphatic rings. The van der Waals surface area contributed by atoms with Crippen LogP contribution in [0.25, 0.3) is 22.4 Å². The standard InChI is InChI=1S/C28H26N6O3/c29-27(35)16-30-13-12-22-10-11-26(37-22)24-14-23-25(15-31-24)32-18-33-28(23)34-20-6-8-21(9-7-20)36-17-19-4-2-1-3-5-19/h1-11,14-15,18,30H,12-13,16-17H2,(H2,29,35)(H,32,33,34). The second-order valence-electron chi connectivity index (χ2n) is 8.39. The minimum absolute atomic E-state index is 0.138. The zero-order chi connectivity index (χ0) is 25.5. The number of carbonyl (C=O) groups excluding carboxylic acids is 1. The molecule has 37 heavy (non-hydrogen) atoms. The van der Waals surface area contributed by atoms with E-state index in [4.69, 9.17) is 14.9 Å². The molecular formula is C28H26N6O3. The van der Waals surface area contributed by atoms with Crippen molar-refractivity contribution in [3.8, 4) is 17.2 Å². The van der Waals surface area contributed by atoms with Crippen LogP contribution in [0.4, 0.5) is 11.5 Å². The van der Waals surface area contributed by atoms with Crippen LogP contribution in [0, 0.1) is 0 Å². The van der Waals surface area contributed by atoms with Crippen molar-refractivity contribution in [2.24, 2.45) is 5.73 Å². The maximum Gasteiger partial charge on any atom is 0.231 e. The topological polar surface area (TPSA) is 128 Å². The molecule has 186 valence electrons. The van der Waals surface area contributed by atoms with Crippen molar-refractivity contribution < 1.29 is 13.9 Å². The van der Waals surface area contributed by atoms with Gasteiger partial charge in [0.2, 0.25) is 5.91 Å². The highest BCUT2D eigenvalue weighted by Crippen LogP contribution is 2.28. The summed E-state index contributed by atoms with van der Waals surface area (Å²) in [6.07, 6.45) is 3.84. The molecule has 0 unspecified atom stereocenters. The third-order valence-electron chi connectivity index (χ3n) is 5.65. The number of hydrogen-bond donors (Lipinski definition) is 3. The van der Waals surface area contributed by atoms with Crippen LogP contribution in [0.3, 0.4) is 0 Å². The molecule has 0 radical (unpaired) electrons. The number of carbonyl (C=O) groups is 1. The molecule has 0 saturated carbocycles. The van der Waals surface area contributed by atoms with E-state index in [0.717, 1.165) is 28.1 Å². The summed E-state index contributed by atoms with van der Waals surface area (Å²) in [5, 5.41) is 7.15. The summed E-state index contributed by atoms with van der Waals surface area (Å²) in [5.41, 5.74) is 8.52. The Bertz CT molecular complexity index is 1490. The van der Waals surface area contributed by atoms with Crippen LogP contribution < -0.4 is 21.1 Å². The van der Waals surface area contributed by atoms with Crippen molar-refractivity contribution in [1.29, 1.82) is 0 Å². The first-order chi connectivity index (χ1) is 18.1. The summed E-state index contributed by atoms with van der Waals surface area (Å²) >= 11 is 0. The van der Waals surface area contributed by atoms with Gasteiger partial charge in [0, 0.05) is 24.0 Å². The first-order valence-corrected chi connectivity index (χ1v) is 11.9. The third kappa shape index (κ3) is 6.28. The predicted octanol–water partition coefficient (Wildman–Crippen LogP) is 4.22. The molecule has 0 aliphatic heterocycles. The number of ether oxygens (including phenoxy) is 1. The predicted molar refractivity (Wildman–Crippen MR) is 141 cm³/mol. The lowest BCUT2D eigenvalue weighted by Gasteiger charge is -2.10. The van der Waals surface area contributed by atoms with Gasteiger partial charge in [0.25, 0.3) is 0 Å². The Hall–Kier alpha value is -4.76. The van der Waals surface area contributed by atoms with E-state index < -0.39 is 0 Å². The van der Waals surface area contributed by atoms with Crippen molar-refractivity contribution in [1.82, 2.24) is 20.3 Å². The molecule has 3 heterocycles. The second kappa shape index (κ2) is 11.3. The zero-order valence-electron chi connectivity index (χ0n) is 20.1. The smallest absolute Gasteiger partial charge is 0.231 e. The molecule has 0 bridgehead atoms.